The molecule has 2 aliphatic rings. The third-order valence-electron chi connectivity index (χ3n) is 5.89. The van der Waals surface area contributed by atoms with E-state index in [0.29, 0.717) is 12.1 Å². The third kappa shape index (κ3) is 5.70. The van der Waals surface area contributed by atoms with Gasteiger partial charge in [-0.05, 0) is 57.5 Å². The van der Waals surface area contributed by atoms with E-state index in [1.165, 1.54) is 18.2 Å². The first-order valence-electron chi connectivity index (χ1n) is 11.7. The molecule has 1 N–H and O–H groups in total. The lowest BCUT2D eigenvalue weighted by Crippen LogP contribution is -2.47. The van der Waals surface area contributed by atoms with Crippen molar-refractivity contribution in [2.24, 2.45) is 0 Å². The van der Waals surface area contributed by atoms with Crippen LogP contribution in [0.5, 0.6) is 0 Å². The van der Waals surface area contributed by atoms with Gasteiger partial charge in [0.05, 0.1) is 11.7 Å². The summed E-state index contributed by atoms with van der Waals surface area (Å²) in [7, 11) is -3.90. The number of sulfonamides is 1. The number of hydrogen-bond donors (Lipinski definition) is 1. The van der Waals surface area contributed by atoms with Crippen molar-refractivity contribution in [1.82, 2.24) is 19.2 Å². The maximum atomic E-state index is 12.9. The van der Waals surface area contributed by atoms with Crippen LogP contribution in [0.15, 0.2) is 41.6 Å². The van der Waals surface area contributed by atoms with Crippen molar-refractivity contribution in [2.45, 2.75) is 37.7 Å². The molecule has 2 aliphatic heterocycles. The van der Waals surface area contributed by atoms with Crippen LogP contribution in [0.25, 0.3) is 0 Å². The van der Waals surface area contributed by atoms with Crippen molar-refractivity contribution < 1.29 is 22.7 Å². The van der Waals surface area contributed by atoms with Crippen molar-refractivity contribution in [2.75, 3.05) is 49.5 Å². The fourth-order valence-electron chi connectivity index (χ4n) is 4.16. The smallest absolute Gasteiger partial charge is 0.411 e. The number of nitrogens with zero attached hydrogens (tertiary/aromatic N) is 5. The van der Waals surface area contributed by atoms with Gasteiger partial charge in [0.2, 0.25) is 5.95 Å². The summed E-state index contributed by atoms with van der Waals surface area (Å²) in [5.74, 6) is 0.164. The van der Waals surface area contributed by atoms with Crippen molar-refractivity contribution >= 4 is 33.7 Å². The number of carbonyl (C=O) groups excluding carboxylic acids is 2. The zero-order valence-electron chi connectivity index (χ0n) is 19.9. The molecule has 1 aromatic heterocycles. The highest BCUT2D eigenvalue weighted by Gasteiger charge is 2.41. The first kappa shape index (κ1) is 24.9. The van der Waals surface area contributed by atoms with Crippen LogP contribution in [0.2, 0.25) is 0 Å². The first-order chi connectivity index (χ1) is 16.8. The second-order valence-corrected chi connectivity index (χ2v) is 10.6. The molecule has 0 atom stereocenters. The van der Waals surface area contributed by atoms with Crippen molar-refractivity contribution in [3.63, 3.8) is 0 Å². The monoisotopic (exact) mass is 502 g/mol. The molecule has 1 fully saturated rings. The maximum absolute atomic E-state index is 12.9. The highest BCUT2D eigenvalue weighted by molar-refractivity contribution is 7.90. The number of fused-ring (bicyclic) bond motifs is 1. The Balaban J connectivity index is 1.27. The van der Waals surface area contributed by atoms with E-state index in [4.69, 9.17) is 4.74 Å². The van der Waals surface area contributed by atoms with Crippen LogP contribution in [0.3, 0.4) is 0 Å². The molecule has 2 aromatic rings. The number of hydrogen-bond acceptors (Lipinski definition) is 9. The van der Waals surface area contributed by atoms with Gasteiger partial charge in [-0.15, -0.1) is 0 Å². The number of amides is 2. The van der Waals surface area contributed by atoms with Gasteiger partial charge in [-0.25, -0.2) is 27.5 Å². The van der Waals surface area contributed by atoms with E-state index in [9.17, 15) is 18.0 Å². The number of benzene rings is 1. The standard InChI is InChI=1S/C23H30N6O5S/c1-17(2)34-23(31)26-18-6-7-20-19(16-18)21(30)29(35(20,32)33)11-4-3-10-27-12-14-28(15-13-27)22-24-8-5-9-25-22/h5-9,16-17H,3-4,10-15H2,1-2H3,(H,26,31). The minimum atomic E-state index is -3.90. The maximum Gasteiger partial charge on any atom is 0.411 e. The summed E-state index contributed by atoms with van der Waals surface area (Å²) in [5, 5.41) is 2.52. The minimum absolute atomic E-state index is 0.0375. The number of piperazine rings is 1. The zero-order valence-corrected chi connectivity index (χ0v) is 20.7. The van der Waals surface area contributed by atoms with Crippen molar-refractivity contribution in [3.8, 4) is 0 Å². The van der Waals surface area contributed by atoms with E-state index in [1.807, 2.05) is 0 Å². The highest BCUT2D eigenvalue weighted by atomic mass is 32.2. The molecule has 0 unspecified atom stereocenters. The molecule has 0 aliphatic carbocycles. The number of aromatic nitrogens is 2. The van der Waals surface area contributed by atoms with Crippen LogP contribution < -0.4 is 10.2 Å². The fraction of sp³-hybridized carbons (Fsp3) is 0.478. The van der Waals surface area contributed by atoms with Crippen molar-refractivity contribution in [1.29, 1.82) is 0 Å². The quantitative estimate of drug-likeness (QED) is 0.541. The van der Waals surface area contributed by atoms with E-state index in [-0.39, 0.29) is 23.1 Å². The lowest BCUT2D eigenvalue weighted by molar-refractivity contribution is 0.0868. The number of rotatable bonds is 8. The second kappa shape index (κ2) is 10.6. The number of ether oxygens (including phenoxy) is 1. The van der Waals surface area contributed by atoms with Gasteiger partial charge >= 0.3 is 6.09 Å². The average molecular weight is 503 g/mol. The summed E-state index contributed by atoms with van der Waals surface area (Å²) in [6.07, 6.45) is 3.83. The summed E-state index contributed by atoms with van der Waals surface area (Å²) in [6.45, 7) is 7.79. The van der Waals surface area contributed by atoms with Gasteiger partial charge < -0.3 is 9.64 Å². The zero-order chi connectivity index (χ0) is 25.0. The summed E-state index contributed by atoms with van der Waals surface area (Å²) in [4.78, 5) is 37.7. The topological polar surface area (TPSA) is 125 Å². The number of anilines is 2. The van der Waals surface area contributed by atoms with Gasteiger partial charge in [-0.3, -0.25) is 15.0 Å². The molecule has 2 amide bonds. The van der Waals surface area contributed by atoms with E-state index in [0.717, 1.165) is 49.4 Å². The molecule has 188 valence electrons. The van der Waals surface area contributed by atoms with E-state index >= 15 is 0 Å². The van der Waals surface area contributed by atoms with E-state index < -0.39 is 22.0 Å². The lowest BCUT2D eigenvalue weighted by atomic mass is 10.2. The van der Waals surface area contributed by atoms with Gasteiger partial charge in [0.25, 0.3) is 15.9 Å². The van der Waals surface area contributed by atoms with Gasteiger partial charge in [0.15, 0.2) is 0 Å². The Morgan fingerprint density at radius 1 is 1.09 bits per heavy atom. The Kier molecular flexibility index (Phi) is 7.51. The summed E-state index contributed by atoms with van der Waals surface area (Å²) in [6, 6.07) is 5.98. The summed E-state index contributed by atoms with van der Waals surface area (Å²) < 4.78 is 31.8. The average Bonchev–Trinajstić information content (AvgIpc) is 3.02. The molecule has 35 heavy (non-hydrogen) atoms. The van der Waals surface area contributed by atoms with Gasteiger partial charge in [0.1, 0.15) is 4.90 Å². The number of nitrogens with one attached hydrogen (secondary N) is 1. The molecule has 1 saturated heterocycles. The molecule has 0 bridgehead atoms. The molecule has 11 nitrogen and oxygen atoms in total. The van der Waals surface area contributed by atoms with E-state index in [2.05, 4.69) is 25.1 Å². The third-order valence-corrected chi connectivity index (χ3v) is 7.73. The predicted molar refractivity (Wildman–Crippen MR) is 130 cm³/mol. The lowest BCUT2D eigenvalue weighted by Gasteiger charge is -2.34. The molecule has 0 radical (unpaired) electrons. The normalized spacial score (nSPS) is 17.5. The molecule has 0 saturated carbocycles. The largest absolute Gasteiger partial charge is 0.447 e. The van der Waals surface area contributed by atoms with Crippen LogP contribution in [-0.4, -0.2) is 85.0 Å². The second-order valence-electron chi connectivity index (χ2n) is 8.76. The number of unbranched alkanes of at least 4 members (excludes halogenated alkanes) is 1. The van der Waals surface area contributed by atoms with Gasteiger partial charge in [-0.2, -0.15) is 0 Å². The minimum Gasteiger partial charge on any atom is -0.447 e. The number of carbonyl (C=O) groups is 2. The Bertz CT molecular complexity index is 1170. The van der Waals surface area contributed by atoms with E-state index in [1.54, 1.807) is 32.3 Å². The first-order valence-corrected chi connectivity index (χ1v) is 13.1. The summed E-state index contributed by atoms with van der Waals surface area (Å²) >= 11 is 0. The Morgan fingerprint density at radius 3 is 2.46 bits per heavy atom. The van der Waals surface area contributed by atoms with Gasteiger partial charge in [-0.1, -0.05) is 0 Å². The predicted octanol–water partition coefficient (Wildman–Crippen LogP) is 2.18. The Labute approximate surface area is 205 Å². The molecular weight excluding hydrogens is 472 g/mol. The van der Waals surface area contributed by atoms with Crippen LogP contribution in [0.1, 0.15) is 37.0 Å². The molecule has 1 aromatic carbocycles. The Morgan fingerprint density at radius 2 is 1.77 bits per heavy atom. The molecule has 0 spiro atoms. The van der Waals surface area contributed by atoms with Gasteiger partial charge in [0, 0.05) is 50.8 Å². The molecular formula is C23H30N6O5S. The highest BCUT2D eigenvalue weighted by Crippen LogP contribution is 2.32. The fourth-order valence-corrected chi connectivity index (χ4v) is 5.75. The Hall–Kier alpha value is -3.25. The molecule has 12 heteroatoms. The molecule has 3 heterocycles. The van der Waals surface area contributed by atoms with Crippen LogP contribution in [0.4, 0.5) is 16.4 Å². The van der Waals surface area contributed by atoms with Crippen LogP contribution in [-0.2, 0) is 14.8 Å². The summed E-state index contributed by atoms with van der Waals surface area (Å²) in [5.41, 5.74) is 0.367. The molecule has 4 rings (SSSR count). The SMILES string of the molecule is CC(C)OC(=O)Nc1ccc2c(c1)C(=O)N(CCCCN1CCN(c3ncccn3)CC1)S2(=O)=O. The van der Waals surface area contributed by atoms with Crippen molar-refractivity contribution in [3.05, 3.63) is 42.2 Å². The van der Waals surface area contributed by atoms with Crippen LogP contribution >= 0.6 is 0 Å². The van der Waals surface area contributed by atoms with Crippen LogP contribution in [0, 0.1) is 0 Å².